The molecule has 0 aliphatic rings. The van der Waals surface area contributed by atoms with Crippen LogP contribution in [-0.4, -0.2) is 27.3 Å². The van der Waals surface area contributed by atoms with Gasteiger partial charge >= 0.3 is 6.16 Å². The van der Waals surface area contributed by atoms with Gasteiger partial charge < -0.3 is 21.2 Å². The first-order valence-electron chi connectivity index (χ1n) is 0.651. The summed E-state index contributed by atoms with van der Waals surface area (Å²) >= 11 is 0. The Kier molecular flexibility index (Phi) is 199. The molecule has 0 aliphatic heterocycles. The van der Waals surface area contributed by atoms with Crippen LogP contribution in [0.15, 0.2) is 0 Å². The first-order chi connectivity index (χ1) is 1.73. The Labute approximate surface area is 90.1 Å². The Morgan fingerprint density at radius 2 is 0.889 bits per heavy atom. The van der Waals surface area contributed by atoms with Crippen molar-refractivity contribution in [3.05, 3.63) is 0 Å². The topological polar surface area (TPSA) is 121 Å². The quantitative estimate of drug-likeness (QED) is 0.532. The van der Waals surface area contributed by atoms with E-state index in [1.807, 2.05) is 0 Å². The SMILES string of the molecule is O.O.O=C(O)O.[Zn].[Zn].[Zn]. The zero-order chi connectivity index (χ0) is 3.58. The fourth-order valence-corrected chi connectivity index (χ4v) is 0. The van der Waals surface area contributed by atoms with E-state index in [1.165, 1.54) is 0 Å². The number of hydrogen-bond donors (Lipinski definition) is 2. The minimum absolute atomic E-state index is 0. The first kappa shape index (κ1) is 50.1. The van der Waals surface area contributed by atoms with Crippen LogP contribution >= 0.6 is 0 Å². The van der Waals surface area contributed by atoms with E-state index in [4.69, 9.17) is 15.0 Å². The molecule has 0 heterocycles. The molecule has 0 bridgehead atoms. The van der Waals surface area contributed by atoms with Crippen molar-refractivity contribution in [2.75, 3.05) is 0 Å². The molecule has 8 heteroatoms. The van der Waals surface area contributed by atoms with Gasteiger partial charge in [-0.1, -0.05) is 0 Å². The summed E-state index contributed by atoms with van der Waals surface area (Å²) in [5.41, 5.74) is 0. The maximum atomic E-state index is 8.56. The van der Waals surface area contributed by atoms with Crippen molar-refractivity contribution in [3.63, 3.8) is 0 Å². The monoisotopic (exact) mass is 290 g/mol. The smallest absolute Gasteiger partial charge is 0.450 e. The van der Waals surface area contributed by atoms with E-state index in [0.717, 1.165) is 0 Å². The van der Waals surface area contributed by atoms with E-state index < -0.39 is 6.16 Å². The maximum absolute atomic E-state index is 8.56. The van der Waals surface area contributed by atoms with E-state index >= 15 is 0 Å². The normalized spacial score (nSPS) is 2.67. The molecule has 9 heavy (non-hydrogen) atoms. The predicted molar refractivity (Wildman–Crippen MR) is 17.9 cm³/mol. The number of hydrogen-bond acceptors (Lipinski definition) is 1. The van der Waals surface area contributed by atoms with Crippen molar-refractivity contribution in [2.24, 2.45) is 0 Å². The van der Waals surface area contributed by atoms with E-state index in [1.54, 1.807) is 0 Å². The van der Waals surface area contributed by atoms with Gasteiger partial charge in [-0.05, 0) is 0 Å². The molecular formula is CH6O5Zn3. The molecule has 46 valence electrons. The van der Waals surface area contributed by atoms with Gasteiger partial charge in [0.15, 0.2) is 0 Å². The molecule has 0 saturated heterocycles. The van der Waals surface area contributed by atoms with Gasteiger partial charge in [-0.25, -0.2) is 4.79 Å². The maximum Gasteiger partial charge on any atom is 0.503 e. The summed E-state index contributed by atoms with van der Waals surface area (Å²) in [7, 11) is 0. The van der Waals surface area contributed by atoms with Crippen molar-refractivity contribution in [1.29, 1.82) is 0 Å². The Morgan fingerprint density at radius 3 is 0.889 bits per heavy atom. The summed E-state index contributed by atoms with van der Waals surface area (Å²) in [5, 5.41) is 13.9. The molecule has 0 unspecified atom stereocenters. The minimum atomic E-state index is -1.83. The van der Waals surface area contributed by atoms with Crippen molar-refractivity contribution in [3.8, 4) is 0 Å². The van der Waals surface area contributed by atoms with E-state index in [-0.39, 0.29) is 69.4 Å². The summed E-state index contributed by atoms with van der Waals surface area (Å²) in [6.45, 7) is 0. The van der Waals surface area contributed by atoms with Crippen molar-refractivity contribution in [1.82, 2.24) is 0 Å². The predicted octanol–water partition coefficient (Wildman–Crippen LogP) is -1.43. The molecule has 0 fully saturated rings. The Morgan fingerprint density at radius 1 is 0.889 bits per heavy atom. The van der Waals surface area contributed by atoms with E-state index in [2.05, 4.69) is 0 Å². The van der Waals surface area contributed by atoms with Crippen molar-refractivity contribution in [2.45, 2.75) is 0 Å². The third-order valence-corrected chi connectivity index (χ3v) is 0. The summed E-state index contributed by atoms with van der Waals surface area (Å²) in [5.74, 6) is 0. The Balaban J connectivity index is -0.00000000450. The van der Waals surface area contributed by atoms with Gasteiger partial charge in [-0.3, -0.25) is 0 Å². The van der Waals surface area contributed by atoms with Gasteiger partial charge in [0.05, 0.1) is 0 Å². The van der Waals surface area contributed by atoms with Crippen molar-refractivity contribution >= 4 is 6.16 Å². The van der Waals surface area contributed by atoms with Crippen LogP contribution in [-0.2, 0) is 58.4 Å². The third kappa shape index (κ3) is 402. The van der Waals surface area contributed by atoms with Crippen LogP contribution in [0.4, 0.5) is 4.79 Å². The number of carbonyl (C=O) groups is 1. The van der Waals surface area contributed by atoms with Gasteiger partial charge in [0, 0.05) is 58.4 Å². The molecule has 6 N–H and O–H groups in total. The fraction of sp³-hybridized carbons (Fsp3) is 0. The van der Waals surface area contributed by atoms with Crippen LogP contribution in [0.2, 0.25) is 0 Å². The number of carboxylic acid groups (broad SMARTS) is 2. The molecule has 0 spiro atoms. The molecule has 0 radical (unpaired) electrons. The first-order valence-corrected chi connectivity index (χ1v) is 0.651. The molecular weight excluding hydrogens is 288 g/mol. The van der Waals surface area contributed by atoms with Crippen molar-refractivity contribution < 1.29 is 84.4 Å². The van der Waals surface area contributed by atoms with E-state index in [9.17, 15) is 0 Å². The van der Waals surface area contributed by atoms with Gasteiger partial charge in [0.25, 0.3) is 0 Å². The van der Waals surface area contributed by atoms with E-state index in [0.29, 0.717) is 0 Å². The van der Waals surface area contributed by atoms with Crippen LogP contribution in [0.25, 0.3) is 0 Å². The van der Waals surface area contributed by atoms with Gasteiger partial charge in [0.1, 0.15) is 0 Å². The Hall–Kier alpha value is 1.06. The molecule has 5 nitrogen and oxygen atoms in total. The molecule has 0 aliphatic carbocycles. The fourth-order valence-electron chi connectivity index (χ4n) is 0. The summed E-state index contributed by atoms with van der Waals surface area (Å²) in [6, 6.07) is 0. The zero-order valence-electron chi connectivity index (χ0n) is 4.92. The molecule has 0 aromatic carbocycles. The second kappa shape index (κ2) is 35.7. The van der Waals surface area contributed by atoms with Crippen LogP contribution < -0.4 is 0 Å². The third-order valence-electron chi connectivity index (χ3n) is 0. The molecule has 0 aromatic rings. The summed E-state index contributed by atoms with van der Waals surface area (Å²) < 4.78 is 0. The average Bonchev–Trinajstić information content (AvgIpc) is 0.811. The number of rotatable bonds is 0. The Bertz CT molecular complexity index is 35.2. The summed E-state index contributed by atoms with van der Waals surface area (Å²) in [6.07, 6.45) is -1.83. The largest absolute Gasteiger partial charge is 0.503 e. The van der Waals surface area contributed by atoms with Gasteiger partial charge in [-0.2, -0.15) is 0 Å². The second-order valence-corrected chi connectivity index (χ2v) is 0.283. The molecule has 0 amide bonds. The zero-order valence-corrected chi connectivity index (χ0v) is 13.8. The molecule has 0 rings (SSSR count). The molecule has 0 aromatic heterocycles. The standard InChI is InChI=1S/CH2O3.2H2O.3Zn/c2-1(3)4;;;;;/h(H2,2,3,4);2*1H2;;;. The van der Waals surface area contributed by atoms with Crippen LogP contribution in [0.3, 0.4) is 0 Å². The average molecular weight is 294 g/mol. The minimum Gasteiger partial charge on any atom is -0.450 e. The molecule has 0 atom stereocenters. The van der Waals surface area contributed by atoms with Gasteiger partial charge in [0.2, 0.25) is 0 Å². The molecule has 0 saturated carbocycles. The van der Waals surface area contributed by atoms with Gasteiger partial charge in [-0.15, -0.1) is 0 Å². The van der Waals surface area contributed by atoms with Crippen LogP contribution in [0.5, 0.6) is 0 Å². The second-order valence-electron chi connectivity index (χ2n) is 0.283. The van der Waals surface area contributed by atoms with Crippen LogP contribution in [0.1, 0.15) is 0 Å². The van der Waals surface area contributed by atoms with Crippen LogP contribution in [0, 0.1) is 0 Å². The summed E-state index contributed by atoms with van der Waals surface area (Å²) in [4.78, 5) is 8.56.